The molecule has 1 aromatic heterocycles. The van der Waals surface area contributed by atoms with E-state index < -0.39 is 0 Å². The van der Waals surface area contributed by atoms with Gasteiger partial charge in [0.1, 0.15) is 5.82 Å². The molecular formula is C16H25N3O. The van der Waals surface area contributed by atoms with Crippen molar-refractivity contribution < 1.29 is 5.11 Å². The highest BCUT2D eigenvalue weighted by molar-refractivity contribution is 5.76. The van der Waals surface area contributed by atoms with Crippen molar-refractivity contribution in [2.24, 2.45) is 11.7 Å². The zero-order chi connectivity index (χ0) is 14.7. The van der Waals surface area contributed by atoms with Crippen LogP contribution < -0.4 is 5.73 Å². The Morgan fingerprint density at radius 2 is 2.00 bits per heavy atom. The van der Waals surface area contributed by atoms with Crippen molar-refractivity contribution in [1.29, 1.82) is 0 Å². The quantitative estimate of drug-likeness (QED) is 0.851. The van der Waals surface area contributed by atoms with E-state index in [0.717, 1.165) is 29.7 Å². The lowest BCUT2D eigenvalue weighted by Gasteiger charge is -2.27. The Bertz CT molecular complexity index is 562. The van der Waals surface area contributed by atoms with Gasteiger partial charge < -0.3 is 15.4 Å². The lowest BCUT2D eigenvalue weighted by Crippen LogP contribution is -2.36. The third kappa shape index (κ3) is 2.86. The summed E-state index contributed by atoms with van der Waals surface area (Å²) < 4.78 is 2.13. The van der Waals surface area contributed by atoms with Gasteiger partial charge in [-0.25, -0.2) is 4.98 Å². The Balaban J connectivity index is 2.47. The van der Waals surface area contributed by atoms with Gasteiger partial charge in [0.2, 0.25) is 0 Å². The standard InChI is InChI=1S/C16H25N3O/c1-4-16-18-13-7-5-6-8-14(13)19(16)15(10-20)12(17)9-11(2)3/h5-8,11-12,15,20H,4,9-10,17H2,1-3H3. The van der Waals surface area contributed by atoms with Crippen molar-refractivity contribution in [2.75, 3.05) is 6.61 Å². The van der Waals surface area contributed by atoms with Crippen molar-refractivity contribution in [1.82, 2.24) is 9.55 Å². The molecule has 2 aromatic rings. The van der Waals surface area contributed by atoms with E-state index >= 15 is 0 Å². The molecule has 0 spiro atoms. The largest absolute Gasteiger partial charge is 0.394 e. The van der Waals surface area contributed by atoms with Crippen LogP contribution in [0.25, 0.3) is 11.0 Å². The molecule has 1 heterocycles. The van der Waals surface area contributed by atoms with Gasteiger partial charge in [-0.3, -0.25) is 0 Å². The molecule has 0 aliphatic heterocycles. The summed E-state index contributed by atoms with van der Waals surface area (Å²) in [5.41, 5.74) is 8.36. The lowest BCUT2D eigenvalue weighted by atomic mass is 9.98. The number of benzene rings is 1. The number of aryl methyl sites for hydroxylation is 1. The van der Waals surface area contributed by atoms with Crippen LogP contribution in [0.4, 0.5) is 0 Å². The molecular weight excluding hydrogens is 250 g/mol. The Morgan fingerprint density at radius 3 is 2.60 bits per heavy atom. The van der Waals surface area contributed by atoms with Gasteiger partial charge in [0.05, 0.1) is 23.7 Å². The average molecular weight is 275 g/mol. The number of imidazole rings is 1. The van der Waals surface area contributed by atoms with Gasteiger partial charge in [0, 0.05) is 12.5 Å². The molecule has 2 rings (SSSR count). The van der Waals surface area contributed by atoms with Crippen LogP contribution >= 0.6 is 0 Å². The molecule has 0 fully saturated rings. The number of hydrogen-bond donors (Lipinski definition) is 2. The number of hydrogen-bond acceptors (Lipinski definition) is 3. The lowest BCUT2D eigenvalue weighted by molar-refractivity contribution is 0.197. The molecule has 0 amide bonds. The molecule has 2 unspecified atom stereocenters. The van der Waals surface area contributed by atoms with Crippen LogP contribution in [0, 0.1) is 5.92 Å². The molecule has 4 nitrogen and oxygen atoms in total. The maximum atomic E-state index is 9.83. The number of fused-ring (bicyclic) bond motifs is 1. The van der Waals surface area contributed by atoms with E-state index in [1.54, 1.807) is 0 Å². The zero-order valence-corrected chi connectivity index (χ0v) is 12.6. The summed E-state index contributed by atoms with van der Waals surface area (Å²) in [6.45, 7) is 6.43. The van der Waals surface area contributed by atoms with Crippen molar-refractivity contribution in [3.63, 3.8) is 0 Å². The van der Waals surface area contributed by atoms with Crippen molar-refractivity contribution in [3.8, 4) is 0 Å². The van der Waals surface area contributed by atoms with E-state index in [2.05, 4.69) is 30.3 Å². The van der Waals surface area contributed by atoms with Crippen LogP contribution in [0.15, 0.2) is 24.3 Å². The third-order valence-electron chi connectivity index (χ3n) is 3.74. The summed E-state index contributed by atoms with van der Waals surface area (Å²) in [7, 11) is 0. The first-order valence-corrected chi connectivity index (χ1v) is 7.40. The minimum absolute atomic E-state index is 0.0429. The van der Waals surface area contributed by atoms with E-state index in [1.165, 1.54) is 0 Å². The minimum Gasteiger partial charge on any atom is -0.394 e. The van der Waals surface area contributed by atoms with Gasteiger partial charge in [0.15, 0.2) is 0 Å². The smallest absolute Gasteiger partial charge is 0.109 e. The van der Waals surface area contributed by atoms with E-state index in [1.807, 2.05) is 24.3 Å². The van der Waals surface area contributed by atoms with Gasteiger partial charge in [0.25, 0.3) is 0 Å². The molecule has 0 aliphatic rings. The summed E-state index contributed by atoms with van der Waals surface area (Å²) in [6.07, 6.45) is 1.72. The van der Waals surface area contributed by atoms with E-state index in [0.29, 0.717) is 5.92 Å². The van der Waals surface area contributed by atoms with Crippen molar-refractivity contribution in [3.05, 3.63) is 30.1 Å². The fourth-order valence-electron chi connectivity index (χ4n) is 2.82. The summed E-state index contributed by atoms with van der Waals surface area (Å²) in [5.74, 6) is 1.50. The molecule has 4 heteroatoms. The summed E-state index contributed by atoms with van der Waals surface area (Å²) >= 11 is 0. The van der Waals surface area contributed by atoms with Gasteiger partial charge in [-0.05, 0) is 24.5 Å². The molecule has 0 bridgehead atoms. The first-order chi connectivity index (χ1) is 9.58. The SMILES string of the molecule is CCc1nc2ccccc2n1C(CO)C(N)CC(C)C. The van der Waals surface area contributed by atoms with Crippen LogP contribution in [0.5, 0.6) is 0 Å². The number of rotatable bonds is 6. The highest BCUT2D eigenvalue weighted by atomic mass is 16.3. The Kier molecular flexibility index (Phi) is 4.78. The number of para-hydroxylation sites is 2. The average Bonchev–Trinajstić information content (AvgIpc) is 2.78. The first kappa shape index (κ1) is 15.0. The molecule has 20 heavy (non-hydrogen) atoms. The van der Waals surface area contributed by atoms with Crippen molar-refractivity contribution in [2.45, 2.75) is 45.7 Å². The third-order valence-corrected chi connectivity index (χ3v) is 3.74. The van der Waals surface area contributed by atoms with Gasteiger partial charge in [-0.15, -0.1) is 0 Å². The van der Waals surface area contributed by atoms with Gasteiger partial charge >= 0.3 is 0 Å². The van der Waals surface area contributed by atoms with Gasteiger partial charge in [-0.1, -0.05) is 32.9 Å². The Labute approximate surface area is 120 Å². The van der Waals surface area contributed by atoms with Crippen LogP contribution in [0.2, 0.25) is 0 Å². The van der Waals surface area contributed by atoms with E-state index in [4.69, 9.17) is 5.73 Å². The van der Waals surface area contributed by atoms with Crippen LogP contribution in [-0.4, -0.2) is 27.3 Å². The predicted molar refractivity (Wildman–Crippen MR) is 82.7 cm³/mol. The fourth-order valence-corrected chi connectivity index (χ4v) is 2.82. The monoisotopic (exact) mass is 275 g/mol. The number of aromatic nitrogens is 2. The summed E-state index contributed by atoms with van der Waals surface area (Å²) in [5, 5.41) is 9.83. The second-order valence-corrected chi connectivity index (χ2v) is 5.78. The maximum Gasteiger partial charge on any atom is 0.109 e. The second-order valence-electron chi connectivity index (χ2n) is 5.78. The topological polar surface area (TPSA) is 64.1 Å². The second kappa shape index (κ2) is 6.37. The van der Waals surface area contributed by atoms with E-state index in [9.17, 15) is 5.11 Å². The van der Waals surface area contributed by atoms with E-state index in [-0.39, 0.29) is 18.7 Å². The number of nitrogens with two attached hydrogens (primary N) is 1. The Hall–Kier alpha value is -1.39. The summed E-state index contributed by atoms with van der Waals surface area (Å²) in [6, 6.07) is 7.87. The molecule has 0 saturated heterocycles. The minimum atomic E-state index is -0.111. The number of aliphatic hydroxyl groups excluding tert-OH is 1. The van der Waals surface area contributed by atoms with Crippen molar-refractivity contribution >= 4 is 11.0 Å². The Morgan fingerprint density at radius 1 is 1.30 bits per heavy atom. The number of nitrogens with zero attached hydrogens (tertiary/aromatic N) is 2. The molecule has 2 atom stereocenters. The maximum absolute atomic E-state index is 9.83. The van der Waals surface area contributed by atoms with Crippen LogP contribution in [-0.2, 0) is 6.42 Å². The molecule has 0 aliphatic carbocycles. The van der Waals surface area contributed by atoms with Crippen LogP contribution in [0.1, 0.15) is 39.1 Å². The summed E-state index contributed by atoms with van der Waals surface area (Å²) in [4.78, 5) is 4.66. The molecule has 1 aromatic carbocycles. The highest BCUT2D eigenvalue weighted by Crippen LogP contribution is 2.25. The predicted octanol–water partition coefficient (Wildman–Crippen LogP) is 2.51. The van der Waals surface area contributed by atoms with Gasteiger partial charge in [-0.2, -0.15) is 0 Å². The number of aliphatic hydroxyl groups is 1. The zero-order valence-electron chi connectivity index (χ0n) is 12.6. The molecule has 0 saturated carbocycles. The van der Waals surface area contributed by atoms with Crippen LogP contribution in [0.3, 0.4) is 0 Å². The highest BCUT2D eigenvalue weighted by Gasteiger charge is 2.24. The molecule has 3 N–H and O–H groups in total. The molecule has 110 valence electrons. The molecule has 0 radical (unpaired) electrons. The first-order valence-electron chi connectivity index (χ1n) is 7.40. The fraction of sp³-hybridized carbons (Fsp3) is 0.562. The normalized spacial score (nSPS) is 14.9.